The van der Waals surface area contributed by atoms with E-state index >= 15 is 0 Å². The molecular weight excluding hydrogens is 736 g/mol. The molecule has 4 heterocycles. The molecule has 0 aliphatic carbocycles. The molecule has 18 heteroatoms. The number of rotatable bonds is 11. The first kappa shape index (κ1) is 37.7. The maximum absolute atomic E-state index is 14.0. The summed E-state index contributed by atoms with van der Waals surface area (Å²) in [4.78, 5) is 102. The van der Waals surface area contributed by atoms with Crippen LogP contribution in [0.25, 0.3) is 22.2 Å². The molecule has 18 nitrogen and oxygen atoms in total. The van der Waals surface area contributed by atoms with Crippen molar-refractivity contribution in [2.45, 2.75) is 0 Å². The summed E-state index contributed by atoms with van der Waals surface area (Å²) in [5, 5.41) is 22.4. The van der Waals surface area contributed by atoms with Gasteiger partial charge in [-0.25, -0.2) is 19.2 Å². The number of ether oxygens (including phenoxy) is 4. The zero-order chi connectivity index (χ0) is 40.6. The van der Waals surface area contributed by atoms with Crippen LogP contribution in [-0.2, 0) is 18.9 Å². The highest BCUT2D eigenvalue weighted by atomic mass is 16.6. The van der Waals surface area contributed by atoms with Gasteiger partial charge in [-0.2, -0.15) is 0 Å². The zero-order valence-electron chi connectivity index (χ0n) is 29.6. The van der Waals surface area contributed by atoms with E-state index in [-0.39, 0.29) is 56.0 Å². The van der Waals surface area contributed by atoms with Gasteiger partial charge in [0.25, 0.3) is 11.4 Å². The van der Waals surface area contributed by atoms with Crippen LogP contribution in [0.15, 0.2) is 85.2 Å². The Labute approximate surface area is 313 Å². The molecule has 0 fully saturated rings. The zero-order valence-corrected chi connectivity index (χ0v) is 29.6. The van der Waals surface area contributed by atoms with Gasteiger partial charge in [0.05, 0.1) is 49.3 Å². The monoisotopic (exact) mass is 762 g/mol. The van der Waals surface area contributed by atoms with E-state index in [1.165, 1.54) is 69.7 Å². The van der Waals surface area contributed by atoms with Crippen molar-refractivity contribution in [1.82, 2.24) is 8.80 Å². The number of benzene rings is 2. The van der Waals surface area contributed by atoms with Crippen molar-refractivity contribution >= 4 is 57.9 Å². The highest BCUT2D eigenvalue weighted by molar-refractivity contribution is 6.21. The highest BCUT2D eigenvalue weighted by Gasteiger charge is 2.35. The molecular formula is C38H26N4O14. The summed E-state index contributed by atoms with van der Waals surface area (Å²) in [6.45, 7) is 0. The number of pyridine rings is 2. The molecule has 0 unspecified atom stereocenters. The Morgan fingerprint density at radius 3 is 1.07 bits per heavy atom. The van der Waals surface area contributed by atoms with E-state index in [2.05, 4.69) is 0 Å². The molecule has 6 aromatic rings. The van der Waals surface area contributed by atoms with Crippen LogP contribution in [0.2, 0.25) is 0 Å². The molecule has 0 N–H and O–H groups in total. The van der Waals surface area contributed by atoms with Gasteiger partial charge in [-0.3, -0.25) is 29.8 Å². The van der Waals surface area contributed by atoms with Gasteiger partial charge >= 0.3 is 23.9 Å². The van der Waals surface area contributed by atoms with Gasteiger partial charge in [-0.1, -0.05) is 0 Å². The Hall–Kier alpha value is -8.02. The number of esters is 4. The molecule has 0 aliphatic rings. The van der Waals surface area contributed by atoms with Crippen molar-refractivity contribution in [2.24, 2.45) is 0 Å². The van der Waals surface area contributed by atoms with Gasteiger partial charge < -0.3 is 27.7 Å². The third-order valence-corrected chi connectivity index (χ3v) is 8.88. The van der Waals surface area contributed by atoms with Crippen molar-refractivity contribution < 1.29 is 57.6 Å². The Bertz CT molecular complexity index is 2500. The van der Waals surface area contributed by atoms with Crippen molar-refractivity contribution in [2.75, 3.05) is 28.4 Å². The summed E-state index contributed by atoms with van der Waals surface area (Å²) in [6.07, 6.45) is 2.77. The molecule has 56 heavy (non-hydrogen) atoms. The van der Waals surface area contributed by atoms with Crippen LogP contribution >= 0.6 is 0 Å². The first-order chi connectivity index (χ1) is 26.8. The minimum atomic E-state index is -1.06. The predicted octanol–water partition coefficient (Wildman–Crippen LogP) is 5.28. The number of nitro benzene ring substituents is 2. The molecule has 0 bridgehead atoms. The third-order valence-electron chi connectivity index (χ3n) is 8.88. The minimum Gasteiger partial charge on any atom is -0.465 e. The summed E-state index contributed by atoms with van der Waals surface area (Å²) in [7, 11) is 4.23. The number of hydrogen-bond acceptors (Lipinski definition) is 14. The van der Waals surface area contributed by atoms with E-state index in [1.54, 1.807) is 0 Å². The van der Waals surface area contributed by atoms with Crippen LogP contribution in [0.1, 0.15) is 73.5 Å². The molecule has 0 saturated heterocycles. The van der Waals surface area contributed by atoms with E-state index in [0.29, 0.717) is 11.1 Å². The summed E-state index contributed by atoms with van der Waals surface area (Å²) >= 11 is 0. The molecule has 0 spiro atoms. The fourth-order valence-electron chi connectivity index (χ4n) is 6.28. The van der Waals surface area contributed by atoms with Gasteiger partial charge in [-0.15, -0.1) is 0 Å². The molecule has 0 saturated carbocycles. The summed E-state index contributed by atoms with van der Waals surface area (Å²) in [5.41, 5.74) is -2.13. The minimum absolute atomic E-state index is 0.00717. The van der Waals surface area contributed by atoms with Gasteiger partial charge in [0.15, 0.2) is 0 Å². The molecule has 0 atom stereocenters. The number of carbonyl (C=O) groups is 6. The number of non-ortho nitro benzene ring substituents is 2. The lowest BCUT2D eigenvalue weighted by atomic mass is 10.0. The standard InChI is InChI=1S/C38H26N4O14/c1-53-35(45)27-25-17-21(13-15-39(25)31(29(27)37(47)55-3)33(43)19-5-9-23(10-6-19)41(49)50)22-14-16-40-26(18-22)28(36(46)54-2)30(38(48)56-4)32(40)34(44)20-7-11-24(12-8-20)42(51)52/h5-18H,1-4H3. The van der Waals surface area contributed by atoms with Gasteiger partial charge in [0.2, 0.25) is 11.6 Å². The van der Waals surface area contributed by atoms with E-state index in [9.17, 15) is 49.0 Å². The second-order valence-corrected chi connectivity index (χ2v) is 11.8. The molecule has 282 valence electrons. The van der Waals surface area contributed by atoms with E-state index < -0.39 is 56.4 Å². The van der Waals surface area contributed by atoms with Crippen molar-refractivity contribution in [3.8, 4) is 11.1 Å². The van der Waals surface area contributed by atoms with Crippen LogP contribution in [-0.4, -0.2) is 82.5 Å². The van der Waals surface area contributed by atoms with Crippen molar-refractivity contribution in [1.29, 1.82) is 0 Å². The van der Waals surface area contributed by atoms with Crippen molar-refractivity contribution in [3.63, 3.8) is 0 Å². The quantitative estimate of drug-likeness (QED) is 0.0537. The summed E-state index contributed by atoms with van der Waals surface area (Å²) < 4.78 is 22.4. The Morgan fingerprint density at radius 2 is 0.786 bits per heavy atom. The van der Waals surface area contributed by atoms with Gasteiger partial charge in [-0.05, 0) is 59.7 Å². The maximum Gasteiger partial charge on any atom is 0.341 e. The fourth-order valence-corrected chi connectivity index (χ4v) is 6.28. The predicted molar refractivity (Wildman–Crippen MR) is 192 cm³/mol. The number of nitro groups is 2. The number of ketones is 2. The van der Waals surface area contributed by atoms with Gasteiger partial charge in [0.1, 0.15) is 33.6 Å². The first-order valence-corrected chi connectivity index (χ1v) is 16.1. The second-order valence-electron chi connectivity index (χ2n) is 11.8. The lowest BCUT2D eigenvalue weighted by molar-refractivity contribution is -0.385. The molecule has 0 amide bonds. The average Bonchev–Trinajstić information content (AvgIpc) is 3.75. The smallest absolute Gasteiger partial charge is 0.341 e. The lowest BCUT2D eigenvalue weighted by Crippen LogP contribution is -2.15. The summed E-state index contributed by atoms with van der Waals surface area (Å²) in [6, 6.07) is 15.1. The number of methoxy groups -OCH3 is 4. The second kappa shape index (κ2) is 14.8. The SMILES string of the molecule is COC(=O)c1c(C(=O)OC)c2cc(-c3ccn4c(C(=O)c5ccc([N+](=O)[O-])cc5)c(C(=O)OC)c(C(=O)OC)c4c3)ccn2c1C(=O)c1ccc([N+](=O)[O-])cc1. The van der Waals surface area contributed by atoms with Crippen LogP contribution < -0.4 is 0 Å². The molecule has 4 aromatic heterocycles. The topological polar surface area (TPSA) is 234 Å². The van der Waals surface area contributed by atoms with E-state index in [4.69, 9.17) is 18.9 Å². The number of fused-ring (bicyclic) bond motifs is 2. The summed E-state index contributed by atoms with van der Waals surface area (Å²) in [5.74, 6) is -5.69. The lowest BCUT2D eigenvalue weighted by Gasteiger charge is -2.09. The molecule has 0 radical (unpaired) electrons. The molecule has 2 aromatic carbocycles. The third kappa shape index (κ3) is 6.25. The fraction of sp³-hybridized carbons (Fsp3) is 0.105. The highest BCUT2D eigenvalue weighted by Crippen LogP contribution is 2.35. The number of hydrogen-bond donors (Lipinski definition) is 0. The van der Waals surface area contributed by atoms with Crippen molar-refractivity contribution in [3.05, 3.63) is 150 Å². The van der Waals surface area contributed by atoms with Gasteiger partial charge in [0, 0.05) is 47.8 Å². The Kier molecular flexibility index (Phi) is 9.96. The number of aromatic nitrogens is 2. The number of carbonyl (C=O) groups excluding carboxylic acids is 6. The average molecular weight is 763 g/mol. The van der Waals surface area contributed by atoms with Crippen LogP contribution in [0.4, 0.5) is 11.4 Å². The normalized spacial score (nSPS) is 10.9. The van der Waals surface area contributed by atoms with Crippen LogP contribution in [0.5, 0.6) is 0 Å². The maximum atomic E-state index is 14.0. The Balaban J connectivity index is 1.60. The molecule has 0 aliphatic heterocycles. The largest absolute Gasteiger partial charge is 0.465 e. The number of nitrogens with zero attached hydrogens (tertiary/aromatic N) is 4. The van der Waals surface area contributed by atoms with E-state index in [1.807, 2.05) is 0 Å². The van der Waals surface area contributed by atoms with Crippen LogP contribution in [0.3, 0.4) is 0 Å². The Morgan fingerprint density at radius 1 is 0.482 bits per heavy atom. The first-order valence-electron chi connectivity index (χ1n) is 16.1. The van der Waals surface area contributed by atoms with Crippen LogP contribution in [0, 0.1) is 20.2 Å². The molecule has 6 rings (SSSR count). The van der Waals surface area contributed by atoms with E-state index in [0.717, 1.165) is 52.7 Å².